The van der Waals surface area contributed by atoms with Crippen molar-refractivity contribution in [2.75, 3.05) is 0 Å². The molecule has 0 atom stereocenters. The Bertz CT molecular complexity index is 7190. The van der Waals surface area contributed by atoms with Gasteiger partial charge in [0.1, 0.15) is 22.3 Å². The van der Waals surface area contributed by atoms with Crippen LogP contribution < -0.4 is 0 Å². The lowest BCUT2D eigenvalue weighted by molar-refractivity contribution is 0.660. The number of benzene rings is 17. The second-order valence-corrected chi connectivity index (χ2v) is 24.4. The maximum absolute atomic E-state index is 9.51. The summed E-state index contributed by atoms with van der Waals surface area (Å²) in [6.07, 6.45) is 0. The van der Waals surface area contributed by atoms with Gasteiger partial charge in [0, 0.05) is 27.0 Å². The normalized spacial score (nSPS) is 15.1. The molecule has 0 radical (unpaired) electrons. The third-order valence-corrected chi connectivity index (χ3v) is 19.2. The Morgan fingerprint density at radius 1 is 0.247 bits per heavy atom. The summed E-state index contributed by atoms with van der Waals surface area (Å²) in [4.78, 5) is 0. The lowest BCUT2D eigenvalue weighted by Crippen LogP contribution is -2.14. The zero-order chi connectivity index (χ0) is 75.4. The Morgan fingerprint density at radius 2 is 0.656 bits per heavy atom. The third kappa shape index (κ3) is 8.02. The van der Waals surface area contributed by atoms with Crippen LogP contribution in [0.1, 0.15) is 46.9 Å². The van der Waals surface area contributed by atoms with Gasteiger partial charge in [-0.25, -0.2) is 0 Å². The Labute approximate surface area is 559 Å². The van der Waals surface area contributed by atoms with Crippen LogP contribution in [0, 0.1) is 0 Å². The molecule has 17 aromatic carbocycles. The van der Waals surface area contributed by atoms with Crippen LogP contribution in [0.3, 0.4) is 0 Å². The molecule has 0 bridgehead atoms. The summed E-state index contributed by atoms with van der Waals surface area (Å²) >= 11 is 0. The molecular weight excluding hydrogens is 1120 g/mol. The zero-order valence-corrected chi connectivity index (χ0v) is 50.1. The van der Waals surface area contributed by atoms with E-state index in [9.17, 15) is 11.0 Å². The summed E-state index contributed by atoms with van der Waals surface area (Å²) in [5.41, 5.74) is 12.3. The van der Waals surface area contributed by atoms with Crippen molar-refractivity contribution < 1.29 is 30.8 Å². The van der Waals surface area contributed by atoms with E-state index in [-0.39, 0.29) is 96.8 Å². The van der Waals surface area contributed by atoms with Gasteiger partial charge in [-0.2, -0.15) is 0 Å². The van der Waals surface area contributed by atoms with E-state index in [4.69, 9.17) is 19.8 Å². The van der Waals surface area contributed by atoms with Crippen molar-refractivity contribution in [2.24, 2.45) is 0 Å². The third-order valence-electron chi connectivity index (χ3n) is 19.2. The Kier molecular flexibility index (Phi) is 8.71. The first kappa shape index (κ1) is 39.3. The van der Waals surface area contributed by atoms with E-state index >= 15 is 0 Å². The molecule has 0 unspecified atom stereocenters. The van der Waals surface area contributed by atoms with Crippen LogP contribution in [0.4, 0.5) is 0 Å². The van der Waals surface area contributed by atoms with E-state index < -0.39 is 48.3 Å². The summed E-state index contributed by atoms with van der Waals surface area (Å²) in [6, 6.07) is 64.8. The molecule has 0 spiro atoms. The second-order valence-electron chi connectivity index (χ2n) is 24.4. The Hall–Kier alpha value is -11.8. The molecule has 1 aliphatic carbocycles. The molecule has 0 saturated heterocycles. The first-order valence-corrected chi connectivity index (χ1v) is 31.0. The van der Waals surface area contributed by atoms with Crippen LogP contribution in [0.5, 0.6) is 0 Å². The molecule has 1 aliphatic rings. The van der Waals surface area contributed by atoms with Gasteiger partial charge >= 0.3 is 0 Å². The van der Waals surface area contributed by atoms with Gasteiger partial charge in [0.05, 0.1) is 21.9 Å². The SMILES string of the molecule is [2H]c1c([2H])c([2H])c2c(-c3cccc4oc5ccccc5c34)c3c([2H])c([2H])c([2H])c([2H])c3c(-c3cc4ccc5ccccc5c4c4ccccc34)c2c1[2H].[2H]c1c([2H])c([2H])c2c(-c3cccc4oc5ccccc5c34)c3c([2H])c([2H])c([2H])c([2H])c3c(-c3cccc(-c4ccc5c(c4)C(C)(C)c4ccccc4-5)c3)c2c1[2H]. The highest BCUT2D eigenvalue weighted by Crippen LogP contribution is 2.53. The molecular formula is C91H58O2. The summed E-state index contributed by atoms with van der Waals surface area (Å²) in [6.45, 7) is 4.45. The molecule has 2 heterocycles. The molecule has 0 N–H and O–H groups in total. The summed E-state index contributed by atoms with van der Waals surface area (Å²) in [7, 11) is 0. The fraction of sp³-hybridized carbons (Fsp3) is 0.0330. The topological polar surface area (TPSA) is 26.3 Å². The first-order chi connectivity index (χ1) is 52.6. The first-order valence-electron chi connectivity index (χ1n) is 39.0. The van der Waals surface area contributed by atoms with Crippen molar-refractivity contribution in [3.8, 4) is 66.8 Å². The average molecular weight is 1200 g/mol. The minimum Gasteiger partial charge on any atom is -0.456 e. The molecule has 0 amide bonds. The van der Waals surface area contributed by atoms with Crippen molar-refractivity contribution in [1.29, 1.82) is 0 Å². The summed E-state index contributed by atoms with van der Waals surface area (Å²) in [5.74, 6) is 0. The van der Waals surface area contributed by atoms with E-state index in [2.05, 4.69) is 68.4 Å². The molecule has 93 heavy (non-hydrogen) atoms. The molecule has 19 aromatic rings. The number of furan rings is 2. The van der Waals surface area contributed by atoms with Gasteiger partial charge in [0.2, 0.25) is 0 Å². The van der Waals surface area contributed by atoms with Crippen molar-refractivity contribution >= 4 is 119 Å². The van der Waals surface area contributed by atoms with Gasteiger partial charge in [0.25, 0.3) is 0 Å². The lowest BCUT2D eigenvalue weighted by atomic mass is 9.81. The smallest absolute Gasteiger partial charge is 0.136 e. The monoisotopic (exact) mass is 1200 g/mol. The molecule has 0 aliphatic heterocycles. The molecule has 2 nitrogen and oxygen atoms in total. The van der Waals surface area contributed by atoms with Crippen LogP contribution >= 0.6 is 0 Å². The standard InChI is InChI=1S/C47H32O.C44H26O/c1-47(2)40-22-9-7-15-32(40)33-26-25-30(28-41(33)47)29-13-11-14-31(27-29)44-34-16-3-5-18-36(34)45(37-19-6-4-17-35(37)44)39-21-12-24-43-46(39)38-20-8-10-23-42(38)48-43;1-2-13-29-27(12-1)24-25-28-26-38(30-14-3-4-15-31(30)41(28)29)43-34-18-7-5-16-32(34)42(33-17-6-8-19-35(33)43)37-21-11-23-40-44(37)36-20-9-10-22-39(36)45-40/h3-28H,1-2H3;1-26H/i3D,4D,5D,6D,16D,17D,18D,19D;5D,6D,7D,8D,16D,17D,18D,19D. The highest BCUT2D eigenvalue weighted by molar-refractivity contribution is 6.31. The van der Waals surface area contributed by atoms with Gasteiger partial charge in [-0.1, -0.05) is 286 Å². The van der Waals surface area contributed by atoms with Gasteiger partial charge in [-0.3, -0.25) is 0 Å². The van der Waals surface area contributed by atoms with E-state index in [1.165, 1.54) is 22.3 Å². The van der Waals surface area contributed by atoms with Crippen molar-refractivity contribution in [2.45, 2.75) is 19.3 Å². The molecule has 0 saturated carbocycles. The Morgan fingerprint density at radius 3 is 1.24 bits per heavy atom. The lowest BCUT2D eigenvalue weighted by Gasteiger charge is -2.22. The van der Waals surface area contributed by atoms with Gasteiger partial charge in [-0.05, 0) is 196 Å². The van der Waals surface area contributed by atoms with Crippen LogP contribution in [-0.2, 0) is 5.41 Å². The predicted molar refractivity (Wildman–Crippen MR) is 395 cm³/mol. The van der Waals surface area contributed by atoms with Gasteiger partial charge < -0.3 is 8.83 Å². The second kappa shape index (κ2) is 20.6. The fourth-order valence-corrected chi connectivity index (χ4v) is 15.1. The number of para-hydroxylation sites is 2. The van der Waals surface area contributed by atoms with Crippen molar-refractivity contribution in [3.63, 3.8) is 0 Å². The van der Waals surface area contributed by atoms with Crippen LogP contribution in [0.2, 0.25) is 0 Å². The van der Waals surface area contributed by atoms with Gasteiger partial charge in [-0.15, -0.1) is 0 Å². The minimum atomic E-state index is -0.436. The molecule has 20 rings (SSSR count). The van der Waals surface area contributed by atoms with Crippen LogP contribution in [-0.4, -0.2) is 0 Å². The average Bonchev–Trinajstić information content (AvgIpc) is 0.936. The highest BCUT2D eigenvalue weighted by Gasteiger charge is 2.35. The maximum atomic E-state index is 9.51. The molecule has 2 heteroatoms. The zero-order valence-electron chi connectivity index (χ0n) is 66.1. The van der Waals surface area contributed by atoms with E-state index in [1.54, 1.807) is 12.1 Å². The quantitative estimate of drug-likeness (QED) is 0.127. The number of hydrogen-bond acceptors (Lipinski definition) is 2. The molecule has 0 fully saturated rings. The van der Waals surface area contributed by atoms with E-state index in [0.717, 1.165) is 54.2 Å². The molecule has 434 valence electrons. The van der Waals surface area contributed by atoms with Crippen LogP contribution in [0.15, 0.2) is 324 Å². The largest absolute Gasteiger partial charge is 0.456 e. The predicted octanol–water partition coefficient (Wildman–Crippen LogP) is 25.9. The van der Waals surface area contributed by atoms with E-state index in [1.807, 2.05) is 152 Å². The van der Waals surface area contributed by atoms with Gasteiger partial charge in [0.15, 0.2) is 0 Å². The summed E-state index contributed by atoms with van der Waals surface area (Å²) < 4.78 is 159. The number of fused-ring (bicyclic) bond motifs is 18. The van der Waals surface area contributed by atoms with Crippen LogP contribution in [0.25, 0.3) is 186 Å². The fourth-order valence-electron chi connectivity index (χ4n) is 15.1. The minimum absolute atomic E-state index is 0.170. The maximum Gasteiger partial charge on any atom is 0.136 e. The molecule has 2 aromatic heterocycles. The number of hydrogen-bond donors (Lipinski definition) is 0. The van der Waals surface area contributed by atoms with Crippen molar-refractivity contribution in [3.05, 3.63) is 326 Å². The van der Waals surface area contributed by atoms with E-state index in [0.29, 0.717) is 77.6 Å². The number of rotatable bonds is 5. The Balaban J connectivity index is 0.000000148. The summed E-state index contributed by atoms with van der Waals surface area (Å²) in [5, 5.41) is 10.1. The van der Waals surface area contributed by atoms with Crippen molar-refractivity contribution in [1.82, 2.24) is 0 Å². The highest BCUT2D eigenvalue weighted by atomic mass is 16.3.